The van der Waals surface area contributed by atoms with E-state index >= 15 is 0 Å². The second-order valence-corrected chi connectivity index (χ2v) is 3.12. The van der Waals surface area contributed by atoms with E-state index in [1.54, 1.807) is 13.2 Å². The molecule has 0 fully saturated rings. The molecule has 0 unspecified atom stereocenters. The first-order chi connectivity index (χ1) is 6.74. The zero-order chi connectivity index (χ0) is 10.4. The van der Waals surface area contributed by atoms with Crippen LogP contribution < -0.4 is 5.32 Å². The minimum atomic E-state index is -0.0502. The molecule has 1 N–H and O–H groups in total. The third-order valence-electron chi connectivity index (χ3n) is 1.87. The number of carbonyl (C=O) groups is 1. The molecular formula is C11H17NO2. The Balaban J connectivity index is 0.00000196. The lowest BCUT2D eigenvalue weighted by Crippen LogP contribution is -2.26. The first-order valence-corrected chi connectivity index (χ1v) is 4.58. The van der Waals surface area contributed by atoms with Crippen LogP contribution in [-0.4, -0.2) is 26.2 Å². The molecule has 0 spiro atoms. The number of methoxy groups -OCH3 is 1. The molecule has 0 aliphatic heterocycles. The number of carbonyl (C=O) groups excluding carboxylic acids is 1. The summed E-state index contributed by atoms with van der Waals surface area (Å²) in [6.45, 7) is 3.05. The summed E-state index contributed by atoms with van der Waals surface area (Å²) in [7, 11) is 1.61. The zero-order valence-electron chi connectivity index (χ0n) is 8.54. The topological polar surface area (TPSA) is 38.3 Å². The van der Waals surface area contributed by atoms with Crippen LogP contribution in [0.1, 0.15) is 17.3 Å². The molecule has 0 saturated heterocycles. The van der Waals surface area contributed by atoms with Gasteiger partial charge in [-0.05, 0) is 19.1 Å². The van der Waals surface area contributed by atoms with Crippen LogP contribution >= 0.6 is 0 Å². The Hall–Kier alpha value is -1.35. The monoisotopic (exact) mass is 195 g/mol. The minimum Gasteiger partial charge on any atom is -0.383 e. The van der Waals surface area contributed by atoms with E-state index in [1.165, 1.54) is 0 Å². The highest BCUT2D eigenvalue weighted by Gasteiger charge is 2.03. The molecule has 3 heteroatoms. The molecule has 0 bridgehead atoms. The lowest BCUT2D eigenvalue weighted by Gasteiger charge is -2.04. The first-order valence-electron chi connectivity index (χ1n) is 4.58. The molecular weight excluding hydrogens is 178 g/mol. The predicted molar refractivity (Wildman–Crippen MR) is 57.5 cm³/mol. The SMILES string of the molecule is COCCNC(=O)c1cccc(C)c1.[HH]. The van der Waals surface area contributed by atoms with Gasteiger partial charge in [0, 0.05) is 20.6 Å². The lowest BCUT2D eigenvalue weighted by atomic mass is 10.1. The average Bonchev–Trinajstić information content (AvgIpc) is 2.18. The number of ether oxygens (including phenoxy) is 1. The molecule has 1 amide bonds. The van der Waals surface area contributed by atoms with Gasteiger partial charge in [0.1, 0.15) is 0 Å². The van der Waals surface area contributed by atoms with Gasteiger partial charge >= 0.3 is 0 Å². The van der Waals surface area contributed by atoms with Gasteiger partial charge < -0.3 is 10.1 Å². The number of amides is 1. The van der Waals surface area contributed by atoms with Crippen molar-refractivity contribution in [1.29, 1.82) is 0 Å². The Morgan fingerprint density at radius 3 is 3.00 bits per heavy atom. The van der Waals surface area contributed by atoms with E-state index in [2.05, 4.69) is 5.32 Å². The largest absolute Gasteiger partial charge is 0.383 e. The van der Waals surface area contributed by atoms with Crippen molar-refractivity contribution in [2.24, 2.45) is 0 Å². The highest BCUT2D eigenvalue weighted by molar-refractivity contribution is 5.94. The van der Waals surface area contributed by atoms with Crippen molar-refractivity contribution in [3.05, 3.63) is 35.4 Å². The predicted octanol–water partition coefficient (Wildman–Crippen LogP) is 1.62. The molecule has 0 aliphatic carbocycles. The van der Waals surface area contributed by atoms with Crippen molar-refractivity contribution in [2.45, 2.75) is 6.92 Å². The molecule has 0 atom stereocenters. The third-order valence-corrected chi connectivity index (χ3v) is 1.87. The van der Waals surface area contributed by atoms with Gasteiger partial charge in [0.2, 0.25) is 0 Å². The van der Waals surface area contributed by atoms with Gasteiger partial charge in [0.05, 0.1) is 6.61 Å². The number of benzene rings is 1. The molecule has 1 aromatic rings. The molecule has 0 saturated carbocycles. The highest BCUT2D eigenvalue weighted by atomic mass is 16.5. The maximum atomic E-state index is 11.5. The van der Waals surface area contributed by atoms with Gasteiger partial charge in [-0.15, -0.1) is 0 Å². The van der Waals surface area contributed by atoms with Gasteiger partial charge in [0.25, 0.3) is 5.91 Å². The highest BCUT2D eigenvalue weighted by Crippen LogP contribution is 2.03. The van der Waals surface area contributed by atoms with E-state index in [-0.39, 0.29) is 7.33 Å². The summed E-state index contributed by atoms with van der Waals surface area (Å²) < 4.78 is 4.84. The van der Waals surface area contributed by atoms with E-state index in [4.69, 9.17) is 4.74 Å². The smallest absolute Gasteiger partial charge is 0.251 e. The van der Waals surface area contributed by atoms with Gasteiger partial charge in [-0.25, -0.2) is 0 Å². The van der Waals surface area contributed by atoms with Crippen LogP contribution in [0.2, 0.25) is 0 Å². The molecule has 1 aromatic carbocycles. The van der Waals surface area contributed by atoms with Crippen molar-refractivity contribution in [3.8, 4) is 0 Å². The zero-order valence-corrected chi connectivity index (χ0v) is 8.54. The molecule has 0 aromatic heterocycles. The maximum Gasteiger partial charge on any atom is 0.251 e. The van der Waals surface area contributed by atoms with Crippen LogP contribution in [0, 0.1) is 6.92 Å². The van der Waals surface area contributed by atoms with Crippen LogP contribution in [0.15, 0.2) is 24.3 Å². The molecule has 0 aliphatic rings. The molecule has 1 rings (SSSR count). The molecule has 0 heterocycles. The molecule has 78 valence electrons. The van der Waals surface area contributed by atoms with E-state index in [9.17, 15) is 4.79 Å². The summed E-state index contributed by atoms with van der Waals surface area (Å²) >= 11 is 0. The summed E-state index contributed by atoms with van der Waals surface area (Å²) in [5.41, 5.74) is 1.78. The third kappa shape index (κ3) is 3.18. The molecule has 0 radical (unpaired) electrons. The number of hydrogen-bond donors (Lipinski definition) is 1. The Labute approximate surface area is 85.6 Å². The number of aryl methyl sites for hydroxylation is 1. The van der Waals surface area contributed by atoms with E-state index in [0.29, 0.717) is 18.7 Å². The number of rotatable bonds is 4. The quantitative estimate of drug-likeness (QED) is 0.741. The molecule has 3 nitrogen and oxygen atoms in total. The van der Waals surface area contributed by atoms with Gasteiger partial charge in [0.15, 0.2) is 0 Å². The van der Waals surface area contributed by atoms with Crippen molar-refractivity contribution in [2.75, 3.05) is 20.3 Å². The summed E-state index contributed by atoms with van der Waals surface area (Å²) in [6, 6.07) is 7.50. The Morgan fingerprint density at radius 1 is 1.57 bits per heavy atom. The fourth-order valence-electron chi connectivity index (χ4n) is 1.15. The number of hydrogen-bond acceptors (Lipinski definition) is 2. The number of nitrogens with one attached hydrogen (secondary N) is 1. The maximum absolute atomic E-state index is 11.5. The van der Waals surface area contributed by atoms with Crippen molar-refractivity contribution >= 4 is 5.91 Å². The minimum absolute atomic E-state index is 0. The summed E-state index contributed by atoms with van der Waals surface area (Å²) in [4.78, 5) is 11.5. The van der Waals surface area contributed by atoms with Crippen molar-refractivity contribution in [1.82, 2.24) is 5.32 Å². The second-order valence-electron chi connectivity index (χ2n) is 3.12. The van der Waals surface area contributed by atoms with Gasteiger partial charge in [-0.1, -0.05) is 17.7 Å². The Morgan fingerprint density at radius 2 is 2.36 bits per heavy atom. The Kier molecular flexibility index (Phi) is 4.13. The average molecular weight is 195 g/mol. The summed E-state index contributed by atoms with van der Waals surface area (Å²) in [5, 5.41) is 2.76. The van der Waals surface area contributed by atoms with Crippen molar-refractivity contribution in [3.63, 3.8) is 0 Å². The van der Waals surface area contributed by atoms with E-state index < -0.39 is 0 Å². The van der Waals surface area contributed by atoms with Crippen LogP contribution in [0.25, 0.3) is 0 Å². The van der Waals surface area contributed by atoms with E-state index in [0.717, 1.165) is 5.56 Å². The molecule has 14 heavy (non-hydrogen) atoms. The fourth-order valence-corrected chi connectivity index (χ4v) is 1.15. The van der Waals surface area contributed by atoms with Crippen molar-refractivity contribution < 1.29 is 11.0 Å². The van der Waals surface area contributed by atoms with Gasteiger partial charge in [-0.3, -0.25) is 4.79 Å². The van der Waals surface area contributed by atoms with Crippen LogP contribution in [0.3, 0.4) is 0 Å². The summed E-state index contributed by atoms with van der Waals surface area (Å²) in [5.74, 6) is -0.0502. The van der Waals surface area contributed by atoms with Gasteiger partial charge in [-0.2, -0.15) is 0 Å². The lowest BCUT2D eigenvalue weighted by molar-refractivity contribution is 0.0937. The Bertz CT molecular complexity index is 315. The fraction of sp³-hybridized carbons (Fsp3) is 0.364. The van der Waals surface area contributed by atoms with Crippen LogP contribution in [0.4, 0.5) is 0 Å². The van der Waals surface area contributed by atoms with Crippen LogP contribution in [-0.2, 0) is 4.74 Å². The van der Waals surface area contributed by atoms with Crippen LogP contribution in [0.5, 0.6) is 0 Å². The second kappa shape index (κ2) is 5.40. The standard InChI is InChI=1S/C11H15NO2.H2/c1-9-4-3-5-10(8-9)11(13)12-6-7-14-2;/h3-5,8H,6-7H2,1-2H3,(H,12,13);1H. The first kappa shape index (κ1) is 10.7. The van der Waals surface area contributed by atoms with E-state index in [1.807, 2.05) is 25.1 Å². The summed E-state index contributed by atoms with van der Waals surface area (Å²) in [6.07, 6.45) is 0. The normalized spacial score (nSPS) is 9.86.